The van der Waals surface area contributed by atoms with Gasteiger partial charge in [-0.3, -0.25) is 4.79 Å². The van der Waals surface area contributed by atoms with Gasteiger partial charge in [-0.15, -0.1) is 10.2 Å². The van der Waals surface area contributed by atoms with Crippen LogP contribution in [0, 0.1) is 0 Å². The van der Waals surface area contributed by atoms with E-state index in [1.807, 2.05) is 30.3 Å². The molecule has 4 aromatic rings. The number of hydrogen-bond donors (Lipinski definition) is 0. The predicted octanol–water partition coefficient (Wildman–Crippen LogP) is 3.67. The third-order valence-corrected chi connectivity index (χ3v) is 5.17. The maximum Gasteiger partial charge on any atom is 0.276 e. The molecule has 0 aliphatic heterocycles. The van der Waals surface area contributed by atoms with Gasteiger partial charge in [0.25, 0.3) is 5.56 Å². The minimum atomic E-state index is -0.185. The lowest BCUT2D eigenvalue weighted by molar-refractivity contribution is 1.09. The molecule has 4 rings (SSSR count). The van der Waals surface area contributed by atoms with Crippen molar-refractivity contribution >= 4 is 45.6 Å². The number of fused-ring (bicyclic) bond motifs is 1. The van der Waals surface area contributed by atoms with Crippen molar-refractivity contribution in [3.63, 3.8) is 0 Å². The summed E-state index contributed by atoms with van der Waals surface area (Å²) in [5.41, 5.74) is 1.27. The number of benzene rings is 2. The van der Waals surface area contributed by atoms with E-state index in [4.69, 9.17) is 23.2 Å². The SMILES string of the molecule is O=c1c(=Cc2c(Cl)cccc2Cl)sc2nnc(-c3ccccc3)n12. The predicted molar refractivity (Wildman–Crippen MR) is 97.8 cm³/mol. The Kier molecular flexibility index (Phi) is 3.84. The summed E-state index contributed by atoms with van der Waals surface area (Å²) >= 11 is 13.6. The zero-order chi connectivity index (χ0) is 16.7. The number of rotatable bonds is 2. The standard InChI is InChI=1S/C17H9Cl2N3OS/c18-12-7-4-8-13(19)11(12)9-14-16(23)22-15(20-21-17(22)24-14)10-5-2-1-3-6-10/h1-9H. The summed E-state index contributed by atoms with van der Waals surface area (Å²) in [6, 6.07) is 14.7. The zero-order valence-electron chi connectivity index (χ0n) is 12.1. The summed E-state index contributed by atoms with van der Waals surface area (Å²) in [6.45, 7) is 0. The molecule has 0 bridgehead atoms. The van der Waals surface area contributed by atoms with Gasteiger partial charge in [0.2, 0.25) is 4.96 Å². The van der Waals surface area contributed by atoms with Crippen LogP contribution in [0.1, 0.15) is 5.56 Å². The van der Waals surface area contributed by atoms with Gasteiger partial charge >= 0.3 is 0 Å². The van der Waals surface area contributed by atoms with Crippen molar-refractivity contribution in [3.8, 4) is 11.4 Å². The van der Waals surface area contributed by atoms with Gasteiger partial charge in [0, 0.05) is 21.2 Å². The van der Waals surface area contributed by atoms with E-state index in [2.05, 4.69) is 10.2 Å². The lowest BCUT2D eigenvalue weighted by Gasteiger charge is -1.99. The Bertz CT molecular complexity index is 1130. The lowest BCUT2D eigenvalue weighted by Crippen LogP contribution is -2.23. The van der Waals surface area contributed by atoms with E-state index in [1.54, 1.807) is 24.3 Å². The van der Waals surface area contributed by atoms with Crippen molar-refractivity contribution in [1.29, 1.82) is 0 Å². The maximum atomic E-state index is 12.8. The highest BCUT2D eigenvalue weighted by Gasteiger charge is 2.14. The zero-order valence-corrected chi connectivity index (χ0v) is 14.4. The van der Waals surface area contributed by atoms with Crippen molar-refractivity contribution in [1.82, 2.24) is 14.6 Å². The maximum absolute atomic E-state index is 12.8. The number of thiazole rings is 1. The lowest BCUT2D eigenvalue weighted by atomic mass is 10.2. The summed E-state index contributed by atoms with van der Waals surface area (Å²) in [7, 11) is 0. The topological polar surface area (TPSA) is 47.3 Å². The number of aromatic nitrogens is 3. The second kappa shape index (κ2) is 6.02. The second-order valence-electron chi connectivity index (χ2n) is 5.06. The molecule has 24 heavy (non-hydrogen) atoms. The van der Waals surface area contributed by atoms with Crippen LogP contribution in [-0.2, 0) is 0 Å². The third kappa shape index (κ3) is 2.51. The van der Waals surface area contributed by atoms with Crippen LogP contribution in [0.15, 0.2) is 53.3 Å². The third-order valence-electron chi connectivity index (χ3n) is 3.56. The van der Waals surface area contributed by atoms with Gasteiger partial charge in [-0.05, 0) is 18.2 Å². The molecule has 2 aromatic carbocycles. The Balaban J connectivity index is 1.97. The van der Waals surface area contributed by atoms with Gasteiger partial charge < -0.3 is 0 Å². The fraction of sp³-hybridized carbons (Fsp3) is 0. The highest BCUT2D eigenvalue weighted by molar-refractivity contribution is 7.15. The number of nitrogens with zero attached hydrogens (tertiary/aromatic N) is 3. The van der Waals surface area contributed by atoms with Crippen molar-refractivity contribution in [3.05, 3.63) is 79.0 Å². The highest BCUT2D eigenvalue weighted by atomic mass is 35.5. The van der Waals surface area contributed by atoms with Crippen molar-refractivity contribution in [2.75, 3.05) is 0 Å². The monoisotopic (exact) mass is 373 g/mol. The van der Waals surface area contributed by atoms with Crippen molar-refractivity contribution in [2.45, 2.75) is 0 Å². The molecule has 7 heteroatoms. The van der Waals surface area contributed by atoms with Crippen molar-refractivity contribution < 1.29 is 0 Å². The fourth-order valence-electron chi connectivity index (χ4n) is 2.42. The Hall–Kier alpha value is -2.21. The largest absolute Gasteiger partial charge is 0.276 e. The van der Waals surface area contributed by atoms with Gasteiger partial charge in [0.15, 0.2) is 5.82 Å². The molecule has 0 spiro atoms. The molecule has 0 N–H and O–H groups in total. The summed E-state index contributed by atoms with van der Waals surface area (Å²) in [5, 5.41) is 9.23. The Morgan fingerprint density at radius 1 is 0.958 bits per heavy atom. The molecule has 0 amide bonds. The molecule has 0 aliphatic carbocycles. The molecule has 0 atom stereocenters. The van der Waals surface area contributed by atoms with Crippen LogP contribution in [0.4, 0.5) is 0 Å². The van der Waals surface area contributed by atoms with E-state index in [0.29, 0.717) is 30.9 Å². The van der Waals surface area contributed by atoms with Crippen LogP contribution in [0.3, 0.4) is 0 Å². The minimum absolute atomic E-state index is 0.185. The van der Waals surface area contributed by atoms with E-state index >= 15 is 0 Å². The fourth-order valence-corrected chi connectivity index (χ4v) is 3.82. The molecular weight excluding hydrogens is 365 g/mol. The van der Waals surface area contributed by atoms with E-state index in [-0.39, 0.29) is 5.56 Å². The van der Waals surface area contributed by atoms with E-state index < -0.39 is 0 Å². The van der Waals surface area contributed by atoms with Crippen molar-refractivity contribution in [2.24, 2.45) is 0 Å². The summed E-state index contributed by atoms with van der Waals surface area (Å²) in [5.74, 6) is 0.525. The van der Waals surface area contributed by atoms with Gasteiger partial charge in [-0.25, -0.2) is 4.40 Å². The average molecular weight is 374 g/mol. The van der Waals surface area contributed by atoms with Crippen LogP contribution in [0.5, 0.6) is 0 Å². The molecular formula is C17H9Cl2N3OS. The summed E-state index contributed by atoms with van der Waals surface area (Å²) < 4.78 is 2.02. The molecule has 2 aromatic heterocycles. The summed E-state index contributed by atoms with van der Waals surface area (Å²) in [4.78, 5) is 13.3. The van der Waals surface area contributed by atoms with Crippen LogP contribution < -0.4 is 10.1 Å². The van der Waals surface area contributed by atoms with Crippen LogP contribution in [0.25, 0.3) is 22.4 Å². The quantitative estimate of drug-likeness (QED) is 0.538. The Morgan fingerprint density at radius 2 is 1.67 bits per heavy atom. The molecule has 0 saturated carbocycles. The smallest absolute Gasteiger partial charge is 0.267 e. The Labute approximate surface area is 150 Å². The highest BCUT2D eigenvalue weighted by Crippen LogP contribution is 2.25. The first-order chi connectivity index (χ1) is 11.6. The van der Waals surface area contributed by atoms with Crippen LogP contribution in [-0.4, -0.2) is 14.6 Å². The van der Waals surface area contributed by atoms with Gasteiger partial charge in [-0.2, -0.15) is 0 Å². The average Bonchev–Trinajstić information content (AvgIpc) is 3.13. The van der Waals surface area contributed by atoms with Gasteiger partial charge in [0.05, 0.1) is 4.53 Å². The molecule has 0 fully saturated rings. The molecule has 0 unspecified atom stereocenters. The van der Waals surface area contributed by atoms with E-state index in [9.17, 15) is 4.79 Å². The van der Waals surface area contributed by atoms with E-state index in [0.717, 1.165) is 5.56 Å². The molecule has 118 valence electrons. The first kappa shape index (κ1) is 15.3. The molecule has 2 heterocycles. The second-order valence-corrected chi connectivity index (χ2v) is 6.88. The number of halogens is 2. The first-order valence-electron chi connectivity index (χ1n) is 7.04. The van der Waals surface area contributed by atoms with Gasteiger partial charge in [0.1, 0.15) is 0 Å². The first-order valence-corrected chi connectivity index (χ1v) is 8.61. The van der Waals surface area contributed by atoms with E-state index in [1.165, 1.54) is 15.7 Å². The normalized spacial score (nSPS) is 12.2. The minimum Gasteiger partial charge on any atom is -0.267 e. The van der Waals surface area contributed by atoms with Gasteiger partial charge in [-0.1, -0.05) is 70.9 Å². The summed E-state index contributed by atoms with van der Waals surface area (Å²) in [6.07, 6.45) is 1.70. The van der Waals surface area contributed by atoms with Crippen LogP contribution >= 0.6 is 34.5 Å². The van der Waals surface area contributed by atoms with Crippen LogP contribution in [0.2, 0.25) is 10.0 Å². The molecule has 0 radical (unpaired) electrons. The molecule has 0 saturated heterocycles. The Morgan fingerprint density at radius 3 is 2.38 bits per heavy atom. The molecule has 4 nitrogen and oxygen atoms in total. The molecule has 0 aliphatic rings. The number of hydrogen-bond acceptors (Lipinski definition) is 4.